The number of nitrogens with zero attached hydrogens (tertiary/aromatic N) is 1. The smallest absolute Gasteiger partial charge is 0.410 e. The quantitative estimate of drug-likeness (QED) is 0.836. The lowest BCUT2D eigenvalue weighted by atomic mass is 10.0. The number of hydrogen-bond donors (Lipinski definition) is 2. The largest absolute Gasteiger partial charge is 0.505 e. The number of nitrogens with one attached hydrogen (secondary N) is 1. The lowest BCUT2D eigenvalue weighted by Gasteiger charge is -2.37. The molecule has 2 rings (SSSR count). The van der Waals surface area contributed by atoms with Crippen molar-refractivity contribution >= 4 is 6.09 Å². The zero-order chi connectivity index (χ0) is 16.5. The fourth-order valence-electron chi connectivity index (χ4n) is 2.36. The Morgan fingerprint density at radius 2 is 2.09 bits per heavy atom. The molecule has 1 saturated heterocycles. The van der Waals surface area contributed by atoms with Crippen molar-refractivity contribution in [3.05, 3.63) is 29.3 Å². The van der Waals surface area contributed by atoms with Crippen LogP contribution >= 0.6 is 0 Å². The van der Waals surface area contributed by atoms with E-state index in [9.17, 15) is 18.7 Å². The highest BCUT2D eigenvalue weighted by Crippen LogP contribution is 2.33. The van der Waals surface area contributed by atoms with Gasteiger partial charge in [0.1, 0.15) is 11.4 Å². The van der Waals surface area contributed by atoms with Gasteiger partial charge in [-0.15, -0.1) is 0 Å². The summed E-state index contributed by atoms with van der Waals surface area (Å²) in [6, 6.07) is 0.939. The number of phenols is 1. The highest BCUT2D eigenvalue weighted by Gasteiger charge is 2.33. The molecule has 2 N–H and O–H groups in total. The van der Waals surface area contributed by atoms with Gasteiger partial charge < -0.3 is 15.2 Å². The van der Waals surface area contributed by atoms with Crippen molar-refractivity contribution in [1.29, 1.82) is 0 Å². The molecule has 0 aliphatic carbocycles. The molecule has 7 heteroatoms. The van der Waals surface area contributed by atoms with Crippen molar-refractivity contribution in [3.8, 4) is 5.75 Å². The molecule has 0 spiro atoms. The van der Waals surface area contributed by atoms with Crippen molar-refractivity contribution in [2.75, 3.05) is 19.6 Å². The lowest BCUT2D eigenvalue weighted by Crippen LogP contribution is -2.50. The Morgan fingerprint density at radius 3 is 2.73 bits per heavy atom. The first kappa shape index (κ1) is 16.5. The van der Waals surface area contributed by atoms with Crippen LogP contribution in [-0.4, -0.2) is 41.3 Å². The van der Waals surface area contributed by atoms with Crippen LogP contribution in [-0.2, 0) is 4.74 Å². The molecule has 1 unspecified atom stereocenters. The first-order valence-corrected chi connectivity index (χ1v) is 7.07. The Hall–Kier alpha value is -1.89. The van der Waals surface area contributed by atoms with E-state index in [1.54, 1.807) is 20.8 Å². The fourth-order valence-corrected chi connectivity index (χ4v) is 2.36. The number of hydrogen-bond acceptors (Lipinski definition) is 4. The molecule has 1 aliphatic heterocycles. The van der Waals surface area contributed by atoms with Gasteiger partial charge in [0.2, 0.25) is 0 Å². The highest BCUT2D eigenvalue weighted by atomic mass is 19.1. The SMILES string of the molecule is CC(C)(C)OC(=O)N1CCNCC1c1cc(F)cc(F)c1O. The predicted octanol–water partition coefficient (Wildman–Crippen LogP) is 2.55. The van der Waals surface area contributed by atoms with E-state index in [-0.39, 0.29) is 12.1 Å². The van der Waals surface area contributed by atoms with E-state index in [4.69, 9.17) is 4.74 Å². The zero-order valence-electron chi connectivity index (χ0n) is 12.8. The number of phenolic OH excluding ortho intramolecular Hbond substituents is 1. The van der Waals surface area contributed by atoms with Crippen LogP contribution in [0.2, 0.25) is 0 Å². The van der Waals surface area contributed by atoms with Gasteiger partial charge in [0.05, 0.1) is 6.04 Å². The van der Waals surface area contributed by atoms with Gasteiger partial charge in [0, 0.05) is 31.3 Å². The number of carbonyl (C=O) groups is 1. The second-order valence-electron chi connectivity index (χ2n) is 6.22. The van der Waals surface area contributed by atoms with Gasteiger partial charge in [0.25, 0.3) is 0 Å². The molecule has 22 heavy (non-hydrogen) atoms. The molecule has 1 heterocycles. The van der Waals surface area contributed by atoms with E-state index in [1.807, 2.05) is 0 Å². The first-order valence-electron chi connectivity index (χ1n) is 7.07. The third kappa shape index (κ3) is 3.65. The summed E-state index contributed by atoms with van der Waals surface area (Å²) in [5.41, 5.74) is -0.655. The van der Waals surface area contributed by atoms with E-state index in [2.05, 4.69) is 5.32 Å². The van der Waals surface area contributed by atoms with Gasteiger partial charge >= 0.3 is 6.09 Å². The maximum Gasteiger partial charge on any atom is 0.410 e. The zero-order valence-corrected chi connectivity index (χ0v) is 12.8. The van der Waals surface area contributed by atoms with Crippen molar-refractivity contribution in [2.45, 2.75) is 32.4 Å². The van der Waals surface area contributed by atoms with Crippen LogP contribution in [0.4, 0.5) is 13.6 Å². The van der Waals surface area contributed by atoms with Crippen LogP contribution in [0.5, 0.6) is 5.75 Å². The standard InChI is InChI=1S/C15H20F2N2O3/c1-15(2,3)22-14(21)19-5-4-18-8-12(19)10-6-9(16)7-11(17)13(10)20/h6-7,12,18,20H,4-5,8H2,1-3H3. The summed E-state index contributed by atoms with van der Waals surface area (Å²) in [5.74, 6) is -2.51. The average Bonchev–Trinajstić information content (AvgIpc) is 2.41. The minimum atomic E-state index is -1.05. The first-order chi connectivity index (χ1) is 10.2. The summed E-state index contributed by atoms with van der Waals surface area (Å²) in [6.45, 7) is 6.34. The average molecular weight is 314 g/mol. The van der Waals surface area contributed by atoms with E-state index < -0.39 is 35.1 Å². The molecule has 0 aromatic heterocycles. The minimum Gasteiger partial charge on any atom is -0.505 e. The molecule has 1 fully saturated rings. The van der Waals surface area contributed by atoms with Gasteiger partial charge in [-0.2, -0.15) is 0 Å². The van der Waals surface area contributed by atoms with Gasteiger partial charge in [-0.3, -0.25) is 4.90 Å². The van der Waals surface area contributed by atoms with Crippen molar-refractivity contribution < 1.29 is 23.4 Å². The third-order valence-corrected chi connectivity index (χ3v) is 3.29. The minimum absolute atomic E-state index is 0.0237. The number of amides is 1. The van der Waals surface area contributed by atoms with E-state index in [1.165, 1.54) is 4.90 Å². The van der Waals surface area contributed by atoms with Gasteiger partial charge in [-0.05, 0) is 26.8 Å². The summed E-state index contributed by atoms with van der Waals surface area (Å²) in [5, 5.41) is 12.9. The molecule has 0 saturated carbocycles. The Balaban J connectivity index is 2.33. The van der Waals surface area contributed by atoms with Gasteiger partial charge in [-0.1, -0.05) is 0 Å². The maximum atomic E-state index is 13.5. The Labute approximate surface area is 127 Å². The van der Waals surface area contributed by atoms with Crippen molar-refractivity contribution in [1.82, 2.24) is 10.2 Å². The molecule has 1 aromatic rings. The molecule has 122 valence electrons. The molecular weight excluding hydrogens is 294 g/mol. The summed E-state index contributed by atoms with van der Waals surface area (Å²) in [7, 11) is 0. The van der Waals surface area contributed by atoms with Crippen LogP contribution in [0.15, 0.2) is 12.1 Å². The topological polar surface area (TPSA) is 61.8 Å². The summed E-state index contributed by atoms with van der Waals surface area (Å²) in [4.78, 5) is 13.7. The molecule has 5 nitrogen and oxygen atoms in total. The summed E-state index contributed by atoms with van der Waals surface area (Å²) < 4.78 is 32.3. The Kier molecular flexibility index (Phi) is 4.55. The second kappa shape index (κ2) is 6.08. The number of benzene rings is 1. The normalized spacial score (nSPS) is 19.1. The van der Waals surface area contributed by atoms with Crippen LogP contribution in [0.1, 0.15) is 32.4 Å². The lowest BCUT2D eigenvalue weighted by molar-refractivity contribution is 0.0115. The molecule has 0 radical (unpaired) electrons. The summed E-state index contributed by atoms with van der Waals surface area (Å²) >= 11 is 0. The Bertz CT molecular complexity index is 573. The maximum absolute atomic E-state index is 13.5. The number of piperazine rings is 1. The number of aromatic hydroxyl groups is 1. The van der Waals surface area contributed by atoms with Crippen LogP contribution in [0, 0.1) is 11.6 Å². The molecule has 1 aromatic carbocycles. The van der Waals surface area contributed by atoms with Crippen LogP contribution < -0.4 is 5.32 Å². The van der Waals surface area contributed by atoms with Crippen molar-refractivity contribution in [2.24, 2.45) is 0 Å². The van der Waals surface area contributed by atoms with Gasteiger partial charge in [-0.25, -0.2) is 13.6 Å². The predicted molar refractivity (Wildman–Crippen MR) is 76.6 cm³/mol. The molecular formula is C15H20F2N2O3. The molecule has 1 amide bonds. The fraction of sp³-hybridized carbons (Fsp3) is 0.533. The summed E-state index contributed by atoms with van der Waals surface area (Å²) in [6.07, 6.45) is -0.580. The van der Waals surface area contributed by atoms with E-state index >= 15 is 0 Å². The monoisotopic (exact) mass is 314 g/mol. The third-order valence-electron chi connectivity index (χ3n) is 3.29. The van der Waals surface area contributed by atoms with Crippen LogP contribution in [0.3, 0.4) is 0 Å². The van der Waals surface area contributed by atoms with Crippen molar-refractivity contribution in [3.63, 3.8) is 0 Å². The number of rotatable bonds is 1. The number of ether oxygens (including phenoxy) is 1. The van der Waals surface area contributed by atoms with Crippen LogP contribution in [0.25, 0.3) is 0 Å². The second-order valence-corrected chi connectivity index (χ2v) is 6.22. The Morgan fingerprint density at radius 1 is 1.41 bits per heavy atom. The molecule has 0 bridgehead atoms. The molecule has 1 atom stereocenters. The number of carbonyl (C=O) groups excluding carboxylic acids is 1. The number of halogens is 2. The molecule has 1 aliphatic rings. The highest BCUT2D eigenvalue weighted by molar-refractivity contribution is 5.69. The van der Waals surface area contributed by atoms with Gasteiger partial charge in [0.15, 0.2) is 11.6 Å². The van der Waals surface area contributed by atoms with E-state index in [0.717, 1.165) is 6.07 Å². The van der Waals surface area contributed by atoms with E-state index in [0.29, 0.717) is 19.2 Å².